The molecule has 1 heterocycles. The largest absolute Gasteiger partial charge is 0.378 e. The van der Waals surface area contributed by atoms with Crippen LogP contribution in [0.1, 0.15) is 31.7 Å². The van der Waals surface area contributed by atoms with Crippen LogP contribution in [0.25, 0.3) is 0 Å². The minimum atomic E-state index is 0.153. The molecule has 3 rings (SSSR count). The average molecular weight is 314 g/mol. The Morgan fingerprint density at radius 3 is 2.75 bits per heavy atom. The molecule has 1 aliphatic heterocycles. The third-order valence-electron chi connectivity index (χ3n) is 4.71. The monoisotopic (exact) mass is 313 g/mol. The molecule has 0 aromatic heterocycles. The lowest BCUT2D eigenvalue weighted by Gasteiger charge is -2.33. The van der Waals surface area contributed by atoms with Gasteiger partial charge in [0.1, 0.15) is 0 Å². The van der Waals surface area contributed by atoms with E-state index in [1.807, 2.05) is 12.1 Å². The van der Waals surface area contributed by atoms with Crippen LogP contribution in [0, 0.1) is 5.41 Å². The SMILES string of the molecule is CC1OCCC1(CNC1CC1)Cc1ccc(Cl)cc1Cl. The van der Waals surface area contributed by atoms with E-state index in [0.717, 1.165) is 37.1 Å². The van der Waals surface area contributed by atoms with Gasteiger partial charge in [-0.25, -0.2) is 0 Å². The Labute approximate surface area is 130 Å². The molecule has 20 heavy (non-hydrogen) atoms. The van der Waals surface area contributed by atoms with E-state index in [1.165, 1.54) is 18.4 Å². The highest BCUT2D eigenvalue weighted by Crippen LogP contribution is 2.40. The minimum Gasteiger partial charge on any atom is -0.378 e. The molecule has 1 aromatic carbocycles. The molecule has 0 bridgehead atoms. The van der Waals surface area contributed by atoms with Gasteiger partial charge < -0.3 is 10.1 Å². The topological polar surface area (TPSA) is 21.3 Å². The molecule has 110 valence electrons. The molecule has 1 aliphatic carbocycles. The standard InChI is InChI=1S/C16H21Cl2NO/c1-11-16(6-7-20-11,10-19-14-4-5-14)9-12-2-3-13(17)8-15(12)18/h2-3,8,11,14,19H,4-7,9-10H2,1H3. The molecule has 1 saturated heterocycles. The fraction of sp³-hybridized carbons (Fsp3) is 0.625. The lowest BCUT2D eigenvalue weighted by atomic mass is 9.76. The second-order valence-corrected chi connectivity index (χ2v) is 7.04. The quantitative estimate of drug-likeness (QED) is 0.884. The van der Waals surface area contributed by atoms with Crippen molar-refractivity contribution >= 4 is 23.2 Å². The van der Waals surface area contributed by atoms with E-state index in [4.69, 9.17) is 27.9 Å². The summed E-state index contributed by atoms with van der Waals surface area (Å²) in [5.41, 5.74) is 1.33. The molecule has 0 radical (unpaired) electrons. The smallest absolute Gasteiger partial charge is 0.0619 e. The summed E-state index contributed by atoms with van der Waals surface area (Å²) in [6.07, 6.45) is 4.93. The Balaban J connectivity index is 1.78. The Morgan fingerprint density at radius 2 is 2.15 bits per heavy atom. The summed E-state index contributed by atoms with van der Waals surface area (Å²) < 4.78 is 5.85. The van der Waals surface area contributed by atoms with Crippen molar-refractivity contribution in [3.8, 4) is 0 Å². The molecule has 2 nitrogen and oxygen atoms in total. The molecular formula is C16H21Cl2NO. The third-order valence-corrected chi connectivity index (χ3v) is 5.29. The van der Waals surface area contributed by atoms with Gasteiger partial charge in [-0.3, -0.25) is 0 Å². The first-order valence-electron chi connectivity index (χ1n) is 7.38. The normalized spacial score (nSPS) is 29.9. The zero-order valence-corrected chi connectivity index (χ0v) is 13.3. The van der Waals surface area contributed by atoms with Crippen LogP contribution in [-0.2, 0) is 11.2 Å². The third kappa shape index (κ3) is 3.14. The van der Waals surface area contributed by atoms with E-state index >= 15 is 0 Å². The molecule has 2 atom stereocenters. The van der Waals surface area contributed by atoms with Crippen molar-refractivity contribution in [2.45, 2.75) is 44.8 Å². The van der Waals surface area contributed by atoms with Gasteiger partial charge in [-0.15, -0.1) is 0 Å². The Morgan fingerprint density at radius 1 is 1.35 bits per heavy atom. The van der Waals surface area contributed by atoms with E-state index in [-0.39, 0.29) is 11.5 Å². The number of ether oxygens (including phenoxy) is 1. The van der Waals surface area contributed by atoms with Gasteiger partial charge in [0.15, 0.2) is 0 Å². The summed E-state index contributed by atoms with van der Waals surface area (Å²) in [4.78, 5) is 0. The first kappa shape index (κ1) is 14.6. The van der Waals surface area contributed by atoms with Crippen molar-refractivity contribution < 1.29 is 4.74 Å². The van der Waals surface area contributed by atoms with Gasteiger partial charge in [-0.1, -0.05) is 29.3 Å². The van der Waals surface area contributed by atoms with Crippen LogP contribution in [0.2, 0.25) is 10.0 Å². The van der Waals surface area contributed by atoms with Crippen LogP contribution in [0.5, 0.6) is 0 Å². The summed E-state index contributed by atoms with van der Waals surface area (Å²) in [6, 6.07) is 6.53. The zero-order valence-electron chi connectivity index (χ0n) is 11.8. The second-order valence-electron chi connectivity index (χ2n) is 6.19. The Bertz CT molecular complexity index is 489. The number of nitrogens with one attached hydrogen (secondary N) is 1. The number of halogens is 2. The number of rotatable bonds is 5. The van der Waals surface area contributed by atoms with Crippen molar-refractivity contribution in [2.75, 3.05) is 13.2 Å². The lowest BCUT2D eigenvalue weighted by Crippen LogP contribution is -2.42. The highest BCUT2D eigenvalue weighted by Gasteiger charge is 2.42. The van der Waals surface area contributed by atoms with Crippen LogP contribution in [0.4, 0.5) is 0 Å². The number of hydrogen-bond donors (Lipinski definition) is 1. The van der Waals surface area contributed by atoms with Crippen LogP contribution in [0.3, 0.4) is 0 Å². The van der Waals surface area contributed by atoms with Crippen molar-refractivity contribution in [2.24, 2.45) is 5.41 Å². The molecule has 1 N–H and O–H groups in total. The molecule has 4 heteroatoms. The van der Waals surface area contributed by atoms with Gasteiger partial charge in [0, 0.05) is 34.7 Å². The van der Waals surface area contributed by atoms with Crippen molar-refractivity contribution in [1.82, 2.24) is 5.32 Å². The first-order valence-corrected chi connectivity index (χ1v) is 8.14. The van der Waals surface area contributed by atoms with E-state index < -0.39 is 0 Å². The summed E-state index contributed by atoms with van der Waals surface area (Å²) >= 11 is 12.3. The van der Waals surface area contributed by atoms with E-state index in [9.17, 15) is 0 Å². The number of hydrogen-bond acceptors (Lipinski definition) is 2. The van der Waals surface area contributed by atoms with Crippen molar-refractivity contribution in [3.05, 3.63) is 33.8 Å². The van der Waals surface area contributed by atoms with E-state index in [0.29, 0.717) is 5.02 Å². The molecule has 0 amide bonds. The van der Waals surface area contributed by atoms with Crippen LogP contribution in [0.15, 0.2) is 18.2 Å². The summed E-state index contributed by atoms with van der Waals surface area (Å²) in [5.74, 6) is 0. The molecule has 0 spiro atoms. The Kier molecular flexibility index (Phi) is 4.28. The summed E-state index contributed by atoms with van der Waals surface area (Å²) in [7, 11) is 0. The fourth-order valence-corrected chi connectivity index (χ4v) is 3.50. The molecule has 2 unspecified atom stereocenters. The molecule has 1 saturated carbocycles. The van der Waals surface area contributed by atoms with Gasteiger partial charge in [0.2, 0.25) is 0 Å². The van der Waals surface area contributed by atoms with Gasteiger partial charge in [0.25, 0.3) is 0 Å². The Hall–Kier alpha value is -0.280. The maximum atomic E-state index is 6.35. The van der Waals surface area contributed by atoms with Gasteiger partial charge in [0.05, 0.1) is 6.10 Å². The second kappa shape index (κ2) is 5.84. The fourth-order valence-electron chi connectivity index (χ4n) is 3.03. The van der Waals surface area contributed by atoms with E-state index in [2.05, 4.69) is 18.3 Å². The van der Waals surface area contributed by atoms with Crippen LogP contribution >= 0.6 is 23.2 Å². The minimum absolute atomic E-state index is 0.153. The van der Waals surface area contributed by atoms with Crippen LogP contribution < -0.4 is 5.32 Å². The van der Waals surface area contributed by atoms with Crippen molar-refractivity contribution in [3.63, 3.8) is 0 Å². The van der Waals surface area contributed by atoms with Gasteiger partial charge in [-0.2, -0.15) is 0 Å². The van der Waals surface area contributed by atoms with Gasteiger partial charge in [-0.05, 0) is 50.3 Å². The first-order chi connectivity index (χ1) is 9.59. The highest BCUT2D eigenvalue weighted by atomic mass is 35.5. The molecule has 2 fully saturated rings. The highest BCUT2D eigenvalue weighted by molar-refractivity contribution is 6.35. The molecule has 2 aliphatic rings. The van der Waals surface area contributed by atoms with Gasteiger partial charge >= 0.3 is 0 Å². The predicted octanol–water partition coefficient (Wildman–Crippen LogP) is 4.08. The maximum absolute atomic E-state index is 6.35. The summed E-state index contributed by atoms with van der Waals surface area (Å²) in [6.45, 7) is 4.04. The van der Waals surface area contributed by atoms with Crippen LogP contribution in [-0.4, -0.2) is 25.3 Å². The summed E-state index contributed by atoms with van der Waals surface area (Å²) in [5, 5.41) is 5.13. The zero-order chi connectivity index (χ0) is 14.2. The van der Waals surface area contributed by atoms with E-state index in [1.54, 1.807) is 0 Å². The maximum Gasteiger partial charge on any atom is 0.0619 e. The lowest BCUT2D eigenvalue weighted by molar-refractivity contribution is 0.0628. The number of benzene rings is 1. The molecular weight excluding hydrogens is 293 g/mol. The molecule has 1 aromatic rings. The predicted molar refractivity (Wildman–Crippen MR) is 83.7 cm³/mol. The van der Waals surface area contributed by atoms with Crippen molar-refractivity contribution in [1.29, 1.82) is 0 Å². The average Bonchev–Trinajstić information content (AvgIpc) is 3.17.